The highest BCUT2D eigenvalue weighted by Crippen LogP contribution is 2.28. The summed E-state index contributed by atoms with van der Waals surface area (Å²) in [6, 6.07) is 10.7. The van der Waals surface area contributed by atoms with Gasteiger partial charge in [-0.2, -0.15) is 0 Å². The van der Waals surface area contributed by atoms with Crippen LogP contribution in [0.4, 0.5) is 4.39 Å². The van der Waals surface area contributed by atoms with Crippen molar-refractivity contribution in [2.24, 2.45) is 0 Å². The molecule has 121 valence electrons. The number of piperidine rings is 1. The van der Waals surface area contributed by atoms with E-state index in [1.54, 1.807) is 12.4 Å². The molecule has 1 radical (unpaired) electrons. The van der Waals surface area contributed by atoms with Crippen LogP contribution in [0.2, 0.25) is 0 Å². The highest BCUT2D eigenvalue weighted by atomic mass is 19.1. The zero-order valence-electron chi connectivity index (χ0n) is 13.1. The molecule has 0 spiro atoms. The van der Waals surface area contributed by atoms with E-state index in [-0.39, 0.29) is 17.8 Å². The fraction of sp³-hybridized carbons (Fsp3) is 0.368. The molecule has 1 N–H and O–H groups in total. The van der Waals surface area contributed by atoms with Crippen molar-refractivity contribution in [2.45, 2.75) is 24.9 Å². The van der Waals surface area contributed by atoms with Gasteiger partial charge >= 0.3 is 0 Å². The van der Waals surface area contributed by atoms with Gasteiger partial charge in [0, 0.05) is 37.9 Å². The minimum Gasteiger partial charge on any atom is -0.393 e. The van der Waals surface area contributed by atoms with Gasteiger partial charge in [-0.25, -0.2) is 4.39 Å². The van der Waals surface area contributed by atoms with Crippen LogP contribution in [-0.4, -0.2) is 40.7 Å². The normalized spacial score (nSPS) is 18.0. The second kappa shape index (κ2) is 7.66. The quantitative estimate of drug-likeness (QED) is 0.922. The second-order valence-electron chi connectivity index (χ2n) is 6.08. The molecule has 0 amide bonds. The molecule has 1 aromatic carbocycles. The van der Waals surface area contributed by atoms with Crippen LogP contribution >= 0.6 is 0 Å². The minimum atomic E-state index is -0.216. The summed E-state index contributed by atoms with van der Waals surface area (Å²) in [6.07, 6.45) is 7.36. The molecule has 23 heavy (non-hydrogen) atoms. The van der Waals surface area contributed by atoms with E-state index in [0.717, 1.165) is 43.6 Å². The van der Waals surface area contributed by atoms with Crippen molar-refractivity contribution in [2.75, 3.05) is 19.6 Å². The first-order chi connectivity index (χ1) is 11.2. The van der Waals surface area contributed by atoms with Crippen LogP contribution in [0.3, 0.4) is 0 Å². The molecule has 1 aliphatic heterocycles. The van der Waals surface area contributed by atoms with E-state index in [0.29, 0.717) is 0 Å². The van der Waals surface area contributed by atoms with Gasteiger partial charge in [0.2, 0.25) is 0 Å². The number of hydrogen-bond donors (Lipinski definition) is 1. The summed E-state index contributed by atoms with van der Waals surface area (Å²) in [5.41, 5.74) is 2.23. The zero-order chi connectivity index (χ0) is 16.1. The Bertz CT molecular complexity index is 595. The van der Waals surface area contributed by atoms with E-state index in [2.05, 4.69) is 16.3 Å². The Morgan fingerprint density at radius 2 is 1.70 bits per heavy atom. The number of hydrogen-bond acceptors (Lipinski definition) is 3. The Hall–Kier alpha value is -1.78. The van der Waals surface area contributed by atoms with Gasteiger partial charge in [-0.3, -0.25) is 4.98 Å². The average Bonchev–Trinajstić information content (AvgIpc) is 2.59. The number of rotatable bonds is 5. The molecular weight excluding hydrogens is 291 g/mol. The summed E-state index contributed by atoms with van der Waals surface area (Å²) in [7, 11) is 0. The molecule has 1 aromatic heterocycles. The Morgan fingerprint density at radius 3 is 2.35 bits per heavy atom. The largest absolute Gasteiger partial charge is 0.393 e. The highest BCUT2D eigenvalue weighted by molar-refractivity contribution is 5.34. The van der Waals surface area contributed by atoms with Crippen LogP contribution in [0.25, 0.3) is 0 Å². The zero-order valence-corrected chi connectivity index (χ0v) is 13.1. The molecule has 0 bridgehead atoms. The third kappa shape index (κ3) is 4.36. The molecule has 1 fully saturated rings. The highest BCUT2D eigenvalue weighted by Gasteiger charge is 2.20. The van der Waals surface area contributed by atoms with Gasteiger partial charge in [0.25, 0.3) is 0 Å². The summed E-state index contributed by atoms with van der Waals surface area (Å²) in [5, 5.41) is 9.61. The molecule has 2 heterocycles. The van der Waals surface area contributed by atoms with Gasteiger partial charge in [0.05, 0.1) is 6.10 Å². The molecular formula is C19H22FN2O. The summed E-state index contributed by atoms with van der Waals surface area (Å²) in [5.74, 6) is -0.0994. The van der Waals surface area contributed by atoms with E-state index in [4.69, 9.17) is 0 Å². The standard InChI is InChI=1S/C19H22FN2O/c20-17-3-1-15(2-4-17)19(16-5-10-21-11-6-16)9-14-22-12-7-18(23)8-13-22/h1-6,9-11,18-19,23H,7-8,12-14H2. The lowest BCUT2D eigenvalue weighted by Crippen LogP contribution is -2.37. The maximum Gasteiger partial charge on any atom is 0.123 e. The van der Waals surface area contributed by atoms with Gasteiger partial charge in [-0.1, -0.05) is 12.1 Å². The van der Waals surface area contributed by atoms with E-state index in [1.807, 2.05) is 24.3 Å². The molecule has 4 heteroatoms. The number of aliphatic hydroxyl groups excluding tert-OH is 1. The van der Waals surface area contributed by atoms with Crippen LogP contribution in [0.1, 0.15) is 29.9 Å². The summed E-state index contributed by atoms with van der Waals surface area (Å²) in [6.45, 7) is 2.70. The molecule has 3 nitrogen and oxygen atoms in total. The van der Waals surface area contributed by atoms with Crippen molar-refractivity contribution in [3.63, 3.8) is 0 Å². The molecule has 0 aliphatic carbocycles. The second-order valence-corrected chi connectivity index (χ2v) is 6.08. The van der Waals surface area contributed by atoms with Gasteiger partial charge < -0.3 is 10.0 Å². The van der Waals surface area contributed by atoms with Crippen molar-refractivity contribution < 1.29 is 9.50 Å². The number of likely N-dealkylation sites (tertiary alicyclic amines) is 1. The van der Waals surface area contributed by atoms with Gasteiger partial charge in [-0.05, 0) is 54.7 Å². The smallest absolute Gasteiger partial charge is 0.123 e. The van der Waals surface area contributed by atoms with Crippen LogP contribution in [0.5, 0.6) is 0 Å². The van der Waals surface area contributed by atoms with E-state index < -0.39 is 0 Å². The lowest BCUT2D eigenvalue weighted by molar-refractivity contribution is 0.0860. The van der Waals surface area contributed by atoms with Gasteiger partial charge in [0.15, 0.2) is 0 Å². The molecule has 1 unspecified atom stereocenters. The van der Waals surface area contributed by atoms with Gasteiger partial charge in [0.1, 0.15) is 5.82 Å². The SMILES string of the molecule is OC1CCN(C[CH]C(c2ccncc2)c2ccc(F)cc2)CC1. The monoisotopic (exact) mass is 313 g/mol. The van der Waals surface area contributed by atoms with Gasteiger partial charge in [-0.15, -0.1) is 0 Å². The fourth-order valence-electron chi connectivity index (χ4n) is 3.06. The van der Waals surface area contributed by atoms with Crippen molar-refractivity contribution in [1.82, 2.24) is 9.88 Å². The van der Waals surface area contributed by atoms with Crippen LogP contribution in [-0.2, 0) is 0 Å². The lowest BCUT2D eigenvalue weighted by atomic mass is 9.88. The van der Waals surface area contributed by atoms with E-state index in [9.17, 15) is 9.50 Å². The van der Waals surface area contributed by atoms with Crippen molar-refractivity contribution >= 4 is 0 Å². The first-order valence-corrected chi connectivity index (χ1v) is 8.11. The number of nitrogens with zero attached hydrogens (tertiary/aromatic N) is 2. The third-order valence-electron chi connectivity index (χ3n) is 4.45. The summed E-state index contributed by atoms with van der Waals surface area (Å²) < 4.78 is 13.2. The number of aliphatic hydroxyl groups is 1. The first kappa shape index (κ1) is 16.1. The molecule has 1 saturated heterocycles. The number of pyridine rings is 1. The molecule has 1 aliphatic rings. The average molecular weight is 313 g/mol. The Labute approximate surface area is 136 Å². The maximum absolute atomic E-state index is 13.2. The first-order valence-electron chi connectivity index (χ1n) is 8.11. The van der Waals surface area contributed by atoms with Crippen molar-refractivity contribution in [3.8, 4) is 0 Å². The molecule has 0 saturated carbocycles. The fourth-order valence-corrected chi connectivity index (χ4v) is 3.06. The maximum atomic E-state index is 13.2. The van der Waals surface area contributed by atoms with E-state index >= 15 is 0 Å². The van der Waals surface area contributed by atoms with Crippen LogP contribution in [0.15, 0.2) is 48.8 Å². The van der Waals surface area contributed by atoms with Crippen LogP contribution in [0, 0.1) is 12.2 Å². The van der Waals surface area contributed by atoms with Crippen molar-refractivity contribution in [1.29, 1.82) is 0 Å². The molecule has 1 atom stereocenters. The summed E-state index contributed by atoms with van der Waals surface area (Å²) in [4.78, 5) is 6.43. The Balaban J connectivity index is 1.72. The number of aromatic nitrogens is 1. The van der Waals surface area contributed by atoms with Crippen LogP contribution < -0.4 is 0 Å². The molecule has 2 aromatic rings. The summed E-state index contributed by atoms with van der Waals surface area (Å²) >= 11 is 0. The Kier molecular flexibility index (Phi) is 5.36. The third-order valence-corrected chi connectivity index (χ3v) is 4.45. The lowest BCUT2D eigenvalue weighted by Gasteiger charge is -2.30. The number of halogens is 1. The van der Waals surface area contributed by atoms with E-state index in [1.165, 1.54) is 12.1 Å². The molecule has 3 rings (SSSR count). The van der Waals surface area contributed by atoms with Crippen molar-refractivity contribution in [3.05, 3.63) is 72.2 Å². The predicted molar refractivity (Wildman–Crippen MR) is 88.5 cm³/mol. The number of benzene rings is 1. The predicted octanol–water partition coefficient (Wildman–Crippen LogP) is 3.01. The minimum absolute atomic E-state index is 0.116. The Morgan fingerprint density at radius 1 is 1.09 bits per heavy atom. The topological polar surface area (TPSA) is 36.4 Å².